The third-order valence-corrected chi connectivity index (χ3v) is 12.2. The minimum Gasteiger partial charge on any atom is -0.310 e. The summed E-state index contributed by atoms with van der Waals surface area (Å²) in [4.78, 5) is 2.40. The van der Waals surface area contributed by atoms with Gasteiger partial charge in [0.15, 0.2) is 0 Å². The Kier molecular flexibility index (Phi) is 7.39. The molecule has 0 saturated carbocycles. The lowest BCUT2D eigenvalue weighted by molar-refractivity contribution is 1.18. The van der Waals surface area contributed by atoms with Crippen LogP contribution in [0.2, 0.25) is 0 Å². The van der Waals surface area contributed by atoms with E-state index in [0.29, 0.717) is 0 Å². The van der Waals surface area contributed by atoms with Crippen molar-refractivity contribution in [3.8, 4) is 27.9 Å². The van der Waals surface area contributed by atoms with Crippen LogP contribution in [-0.4, -0.2) is 4.57 Å². The van der Waals surface area contributed by atoms with E-state index in [1.807, 2.05) is 11.3 Å². The molecule has 55 heavy (non-hydrogen) atoms. The second-order valence-corrected chi connectivity index (χ2v) is 15.1. The summed E-state index contributed by atoms with van der Waals surface area (Å²) in [6, 6.07) is 75.1. The predicted molar refractivity (Wildman–Crippen MR) is 237 cm³/mol. The van der Waals surface area contributed by atoms with Crippen LogP contribution in [0.25, 0.3) is 80.7 Å². The molecule has 2 aromatic heterocycles. The monoisotopic (exact) mass is 718 g/mol. The number of thiophene rings is 1. The average Bonchev–Trinajstić information content (AvgIpc) is 3.81. The zero-order valence-electron chi connectivity index (χ0n) is 29.9. The first-order valence-electron chi connectivity index (χ1n) is 18.8. The number of hydrogen-bond acceptors (Lipinski definition) is 2. The molecule has 9 aromatic carbocycles. The Labute approximate surface area is 323 Å². The molecule has 0 radical (unpaired) electrons. The maximum atomic E-state index is 2.41. The van der Waals surface area contributed by atoms with Crippen LogP contribution in [0.4, 0.5) is 17.1 Å². The molecular weight excluding hydrogens is 685 g/mol. The fourth-order valence-electron chi connectivity index (χ4n) is 8.48. The number of anilines is 3. The van der Waals surface area contributed by atoms with Gasteiger partial charge in [-0.15, -0.1) is 11.3 Å². The van der Waals surface area contributed by atoms with Gasteiger partial charge in [0, 0.05) is 53.3 Å². The minimum absolute atomic E-state index is 1.11. The molecular formula is C52H34N2S. The van der Waals surface area contributed by atoms with Crippen LogP contribution in [0.1, 0.15) is 0 Å². The average molecular weight is 719 g/mol. The van der Waals surface area contributed by atoms with Gasteiger partial charge in [-0.25, -0.2) is 0 Å². The summed E-state index contributed by atoms with van der Waals surface area (Å²) in [5, 5.41) is 7.60. The minimum atomic E-state index is 1.11. The van der Waals surface area contributed by atoms with Gasteiger partial charge in [-0.3, -0.25) is 0 Å². The first kappa shape index (κ1) is 31.6. The molecule has 0 aliphatic heterocycles. The van der Waals surface area contributed by atoms with E-state index in [4.69, 9.17) is 0 Å². The summed E-state index contributed by atoms with van der Waals surface area (Å²) < 4.78 is 5.07. The molecule has 11 rings (SSSR count). The Morgan fingerprint density at radius 1 is 0.364 bits per heavy atom. The highest BCUT2D eigenvalue weighted by Crippen LogP contribution is 2.43. The van der Waals surface area contributed by atoms with Crippen LogP contribution < -0.4 is 4.90 Å². The van der Waals surface area contributed by atoms with Crippen LogP contribution >= 0.6 is 11.3 Å². The van der Waals surface area contributed by atoms with Crippen molar-refractivity contribution in [2.75, 3.05) is 4.90 Å². The highest BCUT2D eigenvalue weighted by Gasteiger charge is 2.19. The summed E-state index contributed by atoms with van der Waals surface area (Å²) in [5.41, 5.74) is 11.8. The SMILES string of the molecule is c1ccc(-n2c3ccccc3c3ccccc32)c(-c2ccc(N(c3ccc(-c4cccc5c4sc4ccccc45)cc3)c3cccc4ccccc34)cc2)c1. The standard InChI is InChI=1S/C52H34N2S/c1-2-15-40-35(13-1)14-11-25-47(40)53(39-33-29-37(30-34-39)42-20-12-21-46-45-19-6-10-26-51(45)55-52(42)46)38-31-27-36(28-32-38)41-16-3-7-22-48(41)54-49-23-8-4-17-43(49)44-18-5-9-24-50(44)54/h1-34H. The van der Waals surface area contributed by atoms with Gasteiger partial charge in [-0.1, -0.05) is 152 Å². The number of nitrogens with zero attached hydrogens (tertiary/aromatic N) is 2. The molecule has 0 amide bonds. The Morgan fingerprint density at radius 2 is 0.873 bits per heavy atom. The second-order valence-electron chi connectivity index (χ2n) is 14.1. The molecule has 0 spiro atoms. The lowest BCUT2D eigenvalue weighted by Gasteiger charge is -2.27. The van der Waals surface area contributed by atoms with Gasteiger partial charge in [0.05, 0.1) is 22.4 Å². The number of hydrogen-bond donors (Lipinski definition) is 0. The molecule has 11 aromatic rings. The molecule has 0 aliphatic carbocycles. The summed E-state index contributed by atoms with van der Waals surface area (Å²) >= 11 is 1.88. The van der Waals surface area contributed by atoms with E-state index in [2.05, 4.69) is 216 Å². The Balaban J connectivity index is 1.03. The fraction of sp³-hybridized carbons (Fsp3) is 0. The summed E-state index contributed by atoms with van der Waals surface area (Å²) in [5.74, 6) is 0. The molecule has 2 nitrogen and oxygen atoms in total. The number of rotatable bonds is 6. The molecule has 0 atom stereocenters. The molecule has 0 N–H and O–H groups in total. The predicted octanol–water partition coefficient (Wildman–Crippen LogP) is 15.1. The largest absolute Gasteiger partial charge is 0.310 e. The van der Waals surface area contributed by atoms with Crippen LogP contribution in [0.15, 0.2) is 206 Å². The molecule has 0 bridgehead atoms. The Hall–Kier alpha value is -6.94. The van der Waals surface area contributed by atoms with Gasteiger partial charge in [-0.2, -0.15) is 0 Å². The van der Waals surface area contributed by atoms with E-state index in [1.54, 1.807) is 0 Å². The Morgan fingerprint density at radius 3 is 1.60 bits per heavy atom. The van der Waals surface area contributed by atoms with Crippen LogP contribution in [0.5, 0.6) is 0 Å². The van der Waals surface area contributed by atoms with Gasteiger partial charge in [0.2, 0.25) is 0 Å². The van der Waals surface area contributed by atoms with Crippen molar-refractivity contribution in [2.45, 2.75) is 0 Å². The van der Waals surface area contributed by atoms with Gasteiger partial charge < -0.3 is 9.47 Å². The van der Waals surface area contributed by atoms with Gasteiger partial charge in [0.25, 0.3) is 0 Å². The lowest BCUT2D eigenvalue weighted by Crippen LogP contribution is -2.10. The Bertz CT molecular complexity index is 3150. The van der Waals surface area contributed by atoms with E-state index in [9.17, 15) is 0 Å². The third-order valence-electron chi connectivity index (χ3n) is 11.0. The molecule has 0 aliphatic rings. The molecule has 0 saturated heterocycles. The summed E-state index contributed by atoms with van der Waals surface area (Å²) in [7, 11) is 0. The van der Waals surface area contributed by atoms with Gasteiger partial charge in [-0.05, 0) is 76.7 Å². The number of fused-ring (bicyclic) bond motifs is 7. The van der Waals surface area contributed by atoms with Crippen molar-refractivity contribution in [2.24, 2.45) is 0 Å². The van der Waals surface area contributed by atoms with Gasteiger partial charge in [0.1, 0.15) is 0 Å². The molecule has 258 valence electrons. The first-order valence-corrected chi connectivity index (χ1v) is 19.6. The molecule has 2 heterocycles. The van der Waals surface area contributed by atoms with Gasteiger partial charge >= 0.3 is 0 Å². The molecule has 0 unspecified atom stereocenters. The lowest BCUT2D eigenvalue weighted by atomic mass is 10.0. The van der Waals surface area contributed by atoms with Crippen LogP contribution in [-0.2, 0) is 0 Å². The van der Waals surface area contributed by atoms with Crippen molar-refractivity contribution in [3.63, 3.8) is 0 Å². The number of para-hydroxylation sites is 3. The maximum absolute atomic E-state index is 2.41. The summed E-state index contributed by atoms with van der Waals surface area (Å²) in [6.45, 7) is 0. The van der Waals surface area contributed by atoms with Crippen molar-refractivity contribution in [1.29, 1.82) is 0 Å². The third kappa shape index (κ3) is 5.16. The first-order chi connectivity index (χ1) is 27.3. The number of aromatic nitrogens is 1. The smallest absolute Gasteiger partial charge is 0.0541 e. The van der Waals surface area contributed by atoms with Crippen LogP contribution in [0.3, 0.4) is 0 Å². The fourth-order valence-corrected chi connectivity index (χ4v) is 9.72. The van der Waals surface area contributed by atoms with Crippen molar-refractivity contribution in [3.05, 3.63) is 206 Å². The van der Waals surface area contributed by atoms with E-state index >= 15 is 0 Å². The highest BCUT2D eigenvalue weighted by atomic mass is 32.1. The second kappa shape index (κ2) is 12.9. The van der Waals surface area contributed by atoms with E-state index < -0.39 is 0 Å². The highest BCUT2D eigenvalue weighted by molar-refractivity contribution is 7.26. The zero-order valence-corrected chi connectivity index (χ0v) is 30.7. The summed E-state index contributed by atoms with van der Waals surface area (Å²) in [6.07, 6.45) is 0. The van der Waals surface area contributed by atoms with Crippen molar-refractivity contribution >= 4 is 81.1 Å². The van der Waals surface area contributed by atoms with E-state index in [1.165, 1.54) is 80.7 Å². The quantitative estimate of drug-likeness (QED) is 0.166. The van der Waals surface area contributed by atoms with Crippen LogP contribution in [0, 0.1) is 0 Å². The van der Waals surface area contributed by atoms with E-state index in [-0.39, 0.29) is 0 Å². The van der Waals surface area contributed by atoms with Crippen molar-refractivity contribution in [1.82, 2.24) is 4.57 Å². The normalized spacial score (nSPS) is 11.6. The maximum Gasteiger partial charge on any atom is 0.0541 e. The van der Waals surface area contributed by atoms with Crippen molar-refractivity contribution < 1.29 is 0 Å². The zero-order chi connectivity index (χ0) is 36.3. The number of benzene rings is 9. The van der Waals surface area contributed by atoms with E-state index in [0.717, 1.165) is 17.1 Å². The topological polar surface area (TPSA) is 8.17 Å². The molecule has 0 fully saturated rings. The molecule has 3 heteroatoms.